The summed E-state index contributed by atoms with van der Waals surface area (Å²) in [6.45, 7) is 4.43. The third kappa shape index (κ3) is 1.22. The molecule has 0 unspecified atom stereocenters. The quantitative estimate of drug-likeness (QED) is 0.575. The minimum atomic E-state index is 0.0825. The van der Waals surface area contributed by atoms with Gasteiger partial charge < -0.3 is 10.6 Å². The summed E-state index contributed by atoms with van der Waals surface area (Å²) < 4.78 is 0. The summed E-state index contributed by atoms with van der Waals surface area (Å²) in [6.07, 6.45) is 3.13. The number of rotatable bonds is 2. The van der Waals surface area contributed by atoms with Gasteiger partial charge in [-0.25, -0.2) is 0 Å². The Morgan fingerprint density at radius 1 is 1.42 bits per heavy atom. The third-order valence-corrected chi connectivity index (χ3v) is 3.31. The van der Waals surface area contributed by atoms with E-state index >= 15 is 0 Å². The molecule has 2 N–H and O–H groups in total. The van der Waals surface area contributed by atoms with Crippen LogP contribution in [0.2, 0.25) is 0 Å². The van der Waals surface area contributed by atoms with Crippen molar-refractivity contribution in [3.63, 3.8) is 0 Å². The maximum absolute atomic E-state index is 10.4. The van der Waals surface area contributed by atoms with Crippen molar-refractivity contribution in [2.75, 3.05) is 13.1 Å². The van der Waals surface area contributed by atoms with Crippen molar-refractivity contribution in [2.45, 2.75) is 25.3 Å². The molecule has 1 heterocycles. The second-order valence-electron chi connectivity index (χ2n) is 4.41. The first-order chi connectivity index (χ1) is 5.73. The van der Waals surface area contributed by atoms with Crippen molar-refractivity contribution in [3.8, 4) is 0 Å². The Kier molecular flexibility index (Phi) is 1.83. The molecule has 0 bridgehead atoms. The zero-order valence-corrected chi connectivity index (χ0v) is 7.47. The van der Waals surface area contributed by atoms with E-state index in [4.69, 9.17) is 0 Å². The molecule has 3 atom stereocenters. The standard InChI is InChI=1S/C9H16N2O/c1-9(11-6-12)2-7-4-10-5-8(7)3-9/h6-8,10H,2-5H2,1H3,(H,11,12)/t7-,8+,9+. The van der Waals surface area contributed by atoms with Crippen molar-refractivity contribution in [3.05, 3.63) is 0 Å². The predicted molar refractivity (Wildman–Crippen MR) is 46.7 cm³/mol. The van der Waals surface area contributed by atoms with Crippen LogP contribution in [0, 0.1) is 11.8 Å². The lowest BCUT2D eigenvalue weighted by molar-refractivity contribution is -0.111. The van der Waals surface area contributed by atoms with Gasteiger partial charge in [-0.05, 0) is 44.7 Å². The van der Waals surface area contributed by atoms with Gasteiger partial charge in [0.2, 0.25) is 6.41 Å². The van der Waals surface area contributed by atoms with Gasteiger partial charge in [0.05, 0.1) is 0 Å². The van der Waals surface area contributed by atoms with Crippen LogP contribution in [0.1, 0.15) is 19.8 Å². The summed E-state index contributed by atoms with van der Waals surface area (Å²) in [5.41, 5.74) is 0.0825. The van der Waals surface area contributed by atoms with Crippen LogP contribution in [-0.4, -0.2) is 25.0 Å². The van der Waals surface area contributed by atoms with Gasteiger partial charge in [0, 0.05) is 5.54 Å². The summed E-state index contributed by atoms with van der Waals surface area (Å²) in [6, 6.07) is 0. The minimum absolute atomic E-state index is 0.0825. The number of nitrogens with one attached hydrogen (secondary N) is 2. The molecule has 2 fully saturated rings. The van der Waals surface area contributed by atoms with E-state index in [-0.39, 0.29) is 5.54 Å². The molecule has 1 aliphatic heterocycles. The van der Waals surface area contributed by atoms with Crippen LogP contribution in [0.3, 0.4) is 0 Å². The van der Waals surface area contributed by atoms with Crippen molar-refractivity contribution < 1.29 is 4.79 Å². The fraction of sp³-hybridized carbons (Fsp3) is 0.889. The van der Waals surface area contributed by atoms with Gasteiger partial charge in [0.15, 0.2) is 0 Å². The molecule has 1 saturated heterocycles. The number of amides is 1. The Balaban J connectivity index is 2.01. The molecule has 0 aromatic carbocycles. The normalized spacial score (nSPS) is 45.8. The summed E-state index contributed by atoms with van der Waals surface area (Å²) in [4.78, 5) is 10.4. The zero-order chi connectivity index (χ0) is 8.60. The lowest BCUT2D eigenvalue weighted by Gasteiger charge is -2.24. The molecule has 0 aromatic heterocycles. The van der Waals surface area contributed by atoms with Gasteiger partial charge >= 0.3 is 0 Å². The zero-order valence-electron chi connectivity index (χ0n) is 7.47. The van der Waals surface area contributed by atoms with Crippen LogP contribution in [0.4, 0.5) is 0 Å². The number of carbonyl (C=O) groups is 1. The predicted octanol–water partition coefficient (Wildman–Crippen LogP) is 0.120. The molecule has 0 aromatic rings. The average molecular weight is 168 g/mol. The van der Waals surface area contributed by atoms with Crippen molar-refractivity contribution >= 4 is 6.41 Å². The van der Waals surface area contributed by atoms with Gasteiger partial charge in [0.1, 0.15) is 0 Å². The molecule has 1 saturated carbocycles. The van der Waals surface area contributed by atoms with Crippen LogP contribution in [0.15, 0.2) is 0 Å². The highest BCUT2D eigenvalue weighted by Gasteiger charge is 2.43. The molecule has 3 nitrogen and oxygen atoms in total. The first kappa shape index (κ1) is 8.05. The largest absolute Gasteiger partial charge is 0.354 e. The van der Waals surface area contributed by atoms with E-state index in [0.717, 1.165) is 44.2 Å². The molecule has 2 rings (SSSR count). The molecule has 1 amide bonds. The van der Waals surface area contributed by atoms with Gasteiger partial charge in [-0.15, -0.1) is 0 Å². The molecule has 12 heavy (non-hydrogen) atoms. The Labute approximate surface area is 72.9 Å². The Bertz CT molecular complexity index is 181. The number of carbonyl (C=O) groups excluding carboxylic acids is 1. The third-order valence-electron chi connectivity index (χ3n) is 3.31. The van der Waals surface area contributed by atoms with E-state index < -0.39 is 0 Å². The van der Waals surface area contributed by atoms with E-state index in [1.807, 2.05) is 0 Å². The van der Waals surface area contributed by atoms with Crippen LogP contribution in [0.5, 0.6) is 0 Å². The summed E-state index contributed by atoms with van der Waals surface area (Å²) in [5, 5.41) is 6.33. The fourth-order valence-corrected chi connectivity index (χ4v) is 2.77. The second kappa shape index (κ2) is 2.73. The van der Waals surface area contributed by atoms with Gasteiger partial charge in [0.25, 0.3) is 0 Å². The molecular weight excluding hydrogens is 152 g/mol. The number of hydrogen-bond donors (Lipinski definition) is 2. The van der Waals surface area contributed by atoms with Gasteiger partial charge in [-0.2, -0.15) is 0 Å². The lowest BCUT2D eigenvalue weighted by Crippen LogP contribution is -2.40. The molecule has 68 valence electrons. The first-order valence-electron chi connectivity index (χ1n) is 4.65. The molecule has 3 heteroatoms. The van der Waals surface area contributed by atoms with Crippen molar-refractivity contribution in [1.82, 2.24) is 10.6 Å². The highest BCUT2D eigenvalue weighted by atomic mass is 16.1. The number of fused-ring (bicyclic) bond motifs is 1. The first-order valence-corrected chi connectivity index (χ1v) is 4.65. The fourth-order valence-electron chi connectivity index (χ4n) is 2.77. The van der Waals surface area contributed by atoms with Gasteiger partial charge in [-0.3, -0.25) is 4.79 Å². The maximum Gasteiger partial charge on any atom is 0.207 e. The van der Waals surface area contributed by atoms with E-state index in [9.17, 15) is 4.79 Å². The highest BCUT2D eigenvalue weighted by molar-refractivity contribution is 5.48. The molecule has 0 radical (unpaired) electrons. The van der Waals surface area contributed by atoms with E-state index in [2.05, 4.69) is 17.6 Å². The van der Waals surface area contributed by atoms with Crippen LogP contribution in [-0.2, 0) is 4.79 Å². The van der Waals surface area contributed by atoms with Crippen LogP contribution >= 0.6 is 0 Å². The SMILES string of the molecule is C[C@@]1(NC=O)C[C@H]2CNC[C@H]2C1. The Hall–Kier alpha value is -0.570. The van der Waals surface area contributed by atoms with Crippen LogP contribution in [0.25, 0.3) is 0 Å². The molecular formula is C9H16N2O. The van der Waals surface area contributed by atoms with E-state index in [1.54, 1.807) is 0 Å². The lowest BCUT2D eigenvalue weighted by atomic mass is 9.99. The van der Waals surface area contributed by atoms with E-state index in [1.165, 1.54) is 0 Å². The van der Waals surface area contributed by atoms with Crippen LogP contribution < -0.4 is 10.6 Å². The summed E-state index contributed by atoms with van der Waals surface area (Å²) in [5.74, 6) is 1.59. The monoisotopic (exact) mass is 168 g/mol. The average Bonchev–Trinajstić information content (AvgIpc) is 2.45. The van der Waals surface area contributed by atoms with Gasteiger partial charge in [-0.1, -0.05) is 0 Å². The topological polar surface area (TPSA) is 41.1 Å². The molecule has 2 aliphatic rings. The molecule has 1 aliphatic carbocycles. The molecule has 0 spiro atoms. The van der Waals surface area contributed by atoms with Crippen molar-refractivity contribution in [2.24, 2.45) is 11.8 Å². The van der Waals surface area contributed by atoms with Crippen molar-refractivity contribution in [1.29, 1.82) is 0 Å². The number of hydrogen-bond acceptors (Lipinski definition) is 2. The summed E-state index contributed by atoms with van der Waals surface area (Å²) >= 11 is 0. The minimum Gasteiger partial charge on any atom is -0.354 e. The summed E-state index contributed by atoms with van der Waals surface area (Å²) in [7, 11) is 0. The highest BCUT2D eigenvalue weighted by Crippen LogP contribution is 2.40. The Morgan fingerprint density at radius 2 is 2.00 bits per heavy atom. The smallest absolute Gasteiger partial charge is 0.207 e. The van der Waals surface area contributed by atoms with E-state index in [0.29, 0.717) is 0 Å². The maximum atomic E-state index is 10.4. The Morgan fingerprint density at radius 3 is 2.50 bits per heavy atom. The second-order valence-corrected chi connectivity index (χ2v) is 4.41.